The fourth-order valence-corrected chi connectivity index (χ4v) is 2.16. The van der Waals surface area contributed by atoms with Crippen LogP contribution in [0.4, 0.5) is 0 Å². The minimum atomic E-state index is -0.0584. The number of likely N-dealkylation sites (tertiary alicyclic amines) is 1. The van der Waals surface area contributed by atoms with Crippen molar-refractivity contribution < 1.29 is 9.32 Å². The Balaban J connectivity index is 2.11. The second-order valence-electron chi connectivity index (χ2n) is 3.86. The molecular formula is C10H14ClN3O2. The summed E-state index contributed by atoms with van der Waals surface area (Å²) in [7, 11) is 0. The van der Waals surface area contributed by atoms with E-state index < -0.39 is 0 Å². The second kappa shape index (κ2) is 4.82. The molecule has 0 spiro atoms. The van der Waals surface area contributed by atoms with E-state index >= 15 is 0 Å². The molecule has 2 heterocycles. The van der Waals surface area contributed by atoms with Crippen LogP contribution in [-0.2, 0) is 4.79 Å². The number of amides is 1. The maximum Gasteiger partial charge on any atom is 0.249 e. The van der Waals surface area contributed by atoms with Crippen LogP contribution < -0.4 is 0 Å². The van der Waals surface area contributed by atoms with E-state index in [1.165, 1.54) is 0 Å². The minimum Gasteiger partial charge on any atom is -0.337 e. The van der Waals surface area contributed by atoms with E-state index in [-0.39, 0.29) is 11.9 Å². The van der Waals surface area contributed by atoms with Crippen molar-refractivity contribution in [2.24, 2.45) is 0 Å². The number of hydrogen-bond acceptors (Lipinski definition) is 4. The first-order chi connectivity index (χ1) is 7.72. The Morgan fingerprint density at radius 1 is 1.69 bits per heavy atom. The fourth-order valence-electron chi connectivity index (χ4n) is 1.99. The number of halogens is 1. The van der Waals surface area contributed by atoms with Crippen molar-refractivity contribution in [3.05, 3.63) is 11.7 Å². The summed E-state index contributed by atoms with van der Waals surface area (Å²) in [4.78, 5) is 17.8. The van der Waals surface area contributed by atoms with E-state index in [1.807, 2.05) is 0 Å². The van der Waals surface area contributed by atoms with Crippen molar-refractivity contribution in [2.45, 2.75) is 32.2 Å². The second-order valence-corrected chi connectivity index (χ2v) is 4.24. The number of nitrogens with zero attached hydrogens (tertiary/aromatic N) is 3. The lowest BCUT2D eigenvalue weighted by molar-refractivity contribution is -0.132. The van der Waals surface area contributed by atoms with Gasteiger partial charge in [-0.15, -0.1) is 11.6 Å². The summed E-state index contributed by atoms with van der Waals surface area (Å²) in [5.74, 6) is 1.56. The quantitative estimate of drug-likeness (QED) is 0.758. The number of hydrogen-bond donors (Lipinski definition) is 0. The van der Waals surface area contributed by atoms with E-state index in [2.05, 4.69) is 10.1 Å². The molecule has 6 heteroatoms. The molecule has 0 aliphatic carbocycles. The molecule has 1 aromatic heterocycles. The average molecular weight is 244 g/mol. The van der Waals surface area contributed by atoms with Crippen molar-refractivity contribution >= 4 is 17.5 Å². The zero-order valence-electron chi connectivity index (χ0n) is 9.15. The topological polar surface area (TPSA) is 59.2 Å². The van der Waals surface area contributed by atoms with E-state index in [4.69, 9.17) is 16.1 Å². The lowest BCUT2D eigenvalue weighted by Gasteiger charge is -2.21. The molecule has 0 N–H and O–H groups in total. The van der Waals surface area contributed by atoms with Crippen LogP contribution in [0.25, 0.3) is 0 Å². The zero-order chi connectivity index (χ0) is 11.5. The van der Waals surface area contributed by atoms with Crippen LogP contribution >= 0.6 is 11.6 Å². The molecule has 1 saturated heterocycles. The molecule has 16 heavy (non-hydrogen) atoms. The summed E-state index contributed by atoms with van der Waals surface area (Å²) in [5.41, 5.74) is 0. The van der Waals surface area contributed by atoms with Gasteiger partial charge in [0, 0.05) is 18.8 Å². The molecular weight excluding hydrogens is 230 g/mol. The van der Waals surface area contributed by atoms with Crippen LogP contribution in [0, 0.1) is 6.92 Å². The number of alkyl halides is 1. The Bertz CT molecular complexity index is 380. The molecule has 0 aromatic carbocycles. The van der Waals surface area contributed by atoms with Crippen molar-refractivity contribution in [1.82, 2.24) is 15.0 Å². The molecule has 0 radical (unpaired) electrons. The number of aryl methyl sites for hydroxylation is 1. The van der Waals surface area contributed by atoms with Crippen LogP contribution in [0.5, 0.6) is 0 Å². The predicted molar refractivity (Wildman–Crippen MR) is 58.1 cm³/mol. The number of aromatic nitrogens is 2. The highest BCUT2D eigenvalue weighted by Crippen LogP contribution is 2.31. The zero-order valence-corrected chi connectivity index (χ0v) is 9.90. The standard InChI is InChI=1S/C10H14ClN3O2/c1-7-12-10(16-13-7)8-3-2-6-14(8)9(15)4-5-11/h8H,2-6H2,1H3. The Labute approximate surface area is 98.8 Å². The maximum absolute atomic E-state index is 11.8. The van der Waals surface area contributed by atoms with Gasteiger partial charge in [-0.2, -0.15) is 4.98 Å². The smallest absolute Gasteiger partial charge is 0.249 e. The summed E-state index contributed by atoms with van der Waals surface area (Å²) >= 11 is 5.57. The van der Waals surface area contributed by atoms with Crippen molar-refractivity contribution in [3.63, 3.8) is 0 Å². The van der Waals surface area contributed by atoms with E-state index in [1.54, 1.807) is 11.8 Å². The van der Waals surface area contributed by atoms with Gasteiger partial charge in [0.15, 0.2) is 5.82 Å². The third kappa shape index (κ3) is 2.19. The minimum absolute atomic E-state index is 0.0584. The molecule has 88 valence electrons. The summed E-state index contributed by atoms with van der Waals surface area (Å²) in [6.07, 6.45) is 2.22. The lowest BCUT2D eigenvalue weighted by atomic mass is 10.2. The van der Waals surface area contributed by atoms with Gasteiger partial charge in [-0.1, -0.05) is 5.16 Å². The number of carbonyl (C=O) groups is 1. The van der Waals surface area contributed by atoms with Crippen LogP contribution in [0.15, 0.2) is 4.52 Å². The summed E-state index contributed by atoms with van der Waals surface area (Å²) in [6.45, 7) is 2.52. The van der Waals surface area contributed by atoms with Crippen molar-refractivity contribution in [1.29, 1.82) is 0 Å². The van der Waals surface area contributed by atoms with Gasteiger partial charge in [0.2, 0.25) is 11.8 Å². The Hall–Kier alpha value is -1.10. The van der Waals surface area contributed by atoms with Gasteiger partial charge in [-0.25, -0.2) is 0 Å². The van der Waals surface area contributed by atoms with Crippen LogP contribution in [-0.4, -0.2) is 33.4 Å². The van der Waals surface area contributed by atoms with Gasteiger partial charge in [-0.05, 0) is 19.8 Å². The Kier molecular flexibility index (Phi) is 3.43. The number of rotatable bonds is 3. The monoisotopic (exact) mass is 243 g/mol. The van der Waals surface area contributed by atoms with E-state index in [0.29, 0.717) is 24.0 Å². The van der Waals surface area contributed by atoms with Gasteiger partial charge in [0.25, 0.3) is 0 Å². The first-order valence-electron chi connectivity index (χ1n) is 5.38. The summed E-state index contributed by atoms with van der Waals surface area (Å²) < 4.78 is 5.12. The first kappa shape index (κ1) is 11.4. The molecule has 1 atom stereocenters. The molecule has 1 aliphatic heterocycles. The molecule has 2 rings (SSSR count). The van der Waals surface area contributed by atoms with Gasteiger partial charge >= 0.3 is 0 Å². The summed E-state index contributed by atoms with van der Waals surface area (Å²) in [5, 5.41) is 3.75. The highest BCUT2D eigenvalue weighted by molar-refractivity contribution is 6.18. The normalized spacial score (nSPS) is 20.4. The first-order valence-corrected chi connectivity index (χ1v) is 5.91. The van der Waals surface area contributed by atoms with Crippen molar-refractivity contribution in [2.75, 3.05) is 12.4 Å². The SMILES string of the molecule is Cc1noc(C2CCCN2C(=O)CCCl)n1. The summed E-state index contributed by atoms with van der Waals surface area (Å²) in [6, 6.07) is -0.0584. The van der Waals surface area contributed by atoms with E-state index in [0.717, 1.165) is 19.4 Å². The van der Waals surface area contributed by atoms with Crippen LogP contribution in [0.2, 0.25) is 0 Å². The molecule has 1 unspecified atom stereocenters. The van der Waals surface area contributed by atoms with Gasteiger partial charge < -0.3 is 9.42 Å². The van der Waals surface area contributed by atoms with Crippen molar-refractivity contribution in [3.8, 4) is 0 Å². The third-order valence-corrected chi connectivity index (χ3v) is 2.90. The van der Waals surface area contributed by atoms with Gasteiger partial charge in [0.1, 0.15) is 6.04 Å². The molecule has 5 nitrogen and oxygen atoms in total. The molecule has 1 aliphatic rings. The Morgan fingerprint density at radius 2 is 2.50 bits per heavy atom. The Morgan fingerprint density at radius 3 is 3.12 bits per heavy atom. The largest absolute Gasteiger partial charge is 0.337 e. The highest BCUT2D eigenvalue weighted by Gasteiger charge is 2.33. The lowest BCUT2D eigenvalue weighted by Crippen LogP contribution is -2.30. The third-order valence-electron chi connectivity index (χ3n) is 2.71. The highest BCUT2D eigenvalue weighted by atomic mass is 35.5. The van der Waals surface area contributed by atoms with Crippen LogP contribution in [0.1, 0.15) is 37.0 Å². The molecule has 1 fully saturated rings. The molecule has 0 bridgehead atoms. The average Bonchev–Trinajstić information content (AvgIpc) is 2.85. The number of carbonyl (C=O) groups excluding carboxylic acids is 1. The molecule has 1 aromatic rings. The van der Waals surface area contributed by atoms with Gasteiger partial charge in [-0.3, -0.25) is 4.79 Å². The van der Waals surface area contributed by atoms with Gasteiger partial charge in [0.05, 0.1) is 0 Å². The van der Waals surface area contributed by atoms with Crippen LogP contribution in [0.3, 0.4) is 0 Å². The predicted octanol–water partition coefficient (Wildman–Crippen LogP) is 1.67. The fraction of sp³-hybridized carbons (Fsp3) is 0.700. The molecule has 0 saturated carbocycles. The maximum atomic E-state index is 11.8. The molecule has 1 amide bonds. The van der Waals surface area contributed by atoms with E-state index in [9.17, 15) is 4.79 Å².